The van der Waals surface area contributed by atoms with Crippen LogP contribution in [0.15, 0.2) is 24.3 Å². The molecular formula is C20H30N4O2S2. The van der Waals surface area contributed by atoms with E-state index < -0.39 is 0 Å². The molecule has 2 aliphatic heterocycles. The molecular weight excluding hydrogens is 392 g/mol. The van der Waals surface area contributed by atoms with E-state index in [9.17, 15) is 0 Å². The third-order valence-electron chi connectivity index (χ3n) is 4.93. The van der Waals surface area contributed by atoms with Crippen LogP contribution in [0.3, 0.4) is 0 Å². The molecule has 0 aromatic heterocycles. The molecule has 1 aromatic carbocycles. The molecule has 28 heavy (non-hydrogen) atoms. The smallest absolute Gasteiger partial charge is 0.166 e. The van der Waals surface area contributed by atoms with Gasteiger partial charge in [0.2, 0.25) is 0 Å². The molecule has 0 unspecified atom stereocenters. The molecule has 3 rings (SSSR count). The highest BCUT2D eigenvalue weighted by Gasteiger charge is 2.16. The second-order valence-electron chi connectivity index (χ2n) is 7.22. The largest absolute Gasteiger partial charge is 0.376 e. The lowest BCUT2D eigenvalue weighted by Gasteiger charge is -2.15. The Morgan fingerprint density at radius 1 is 0.821 bits per heavy atom. The Bertz CT molecular complexity index is 596. The van der Waals surface area contributed by atoms with E-state index in [0.29, 0.717) is 23.3 Å². The van der Waals surface area contributed by atoms with Crippen molar-refractivity contribution in [2.45, 2.75) is 51.0 Å². The monoisotopic (exact) mass is 422 g/mol. The van der Waals surface area contributed by atoms with Crippen molar-refractivity contribution < 1.29 is 9.47 Å². The Hall–Kier alpha value is -1.48. The minimum Gasteiger partial charge on any atom is -0.376 e. The van der Waals surface area contributed by atoms with Gasteiger partial charge in [-0.2, -0.15) is 0 Å². The van der Waals surface area contributed by atoms with Crippen LogP contribution in [0, 0.1) is 0 Å². The van der Waals surface area contributed by atoms with Gasteiger partial charge in [0.05, 0.1) is 12.2 Å². The van der Waals surface area contributed by atoms with Gasteiger partial charge in [-0.3, -0.25) is 0 Å². The summed E-state index contributed by atoms with van der Waals surface area (Å²) >= 11 is 10.7. The third kappa shape index (κ3) is 7.50. The minimum absolute atomic E-state index is 0.284. The number of rotatable bonds is 8. The highest BCUT2D eigenvalue weighted by molar-refractivity contribution is 7.80. The molecule has 2 atom stereocenters. The van der Waals surface area contributed by atoms with Crippen molar-refractivity contribution in [3.05, 3.63) is 35.4 Å². The van der Waals surface area contributed by atoms with Crippen molar-refractivity contribution in [2.24, 2.45) is 0 Å². The van der Waals surface area contributed by atoms with E-state index in [1.54, 1.807) is 0 Å². The summed E-state index contributed by atoms with van der Waals surface area (Å²) in [6, 6.07) is 8.39. The van der Waals surface area contributed by atoms with Crippen LogP contribution in [0.4, 0.5) is 0 Å². The second kappa shape index (κ2) is 11.5. The van der Waals surface area contributed by atoms with Gasteiger partial charge >= 0.3 is 0 Å². The van der Waals surface area contributed by atoms with Crippen LogP contribution < -0.4 is 21.3 Å². The fourth-order valence-electron chi connectivity index (χ4n) is 3.36. The summed E-state index contributed by atoms with van der Waals surface area (Å²) in [5.41, 5.74) is 2.36. The Balaban J connectivity index is 1.33. The summed E-state index contributed by atoms with van der Waals surface area (Å²) in [5, 5.41) is 14.3. The van der Waals surface area contributed by atoms with Crippen molar-refractivity contribution in [3.8, 4) is 0 Å². The van der Waals surface area contributed by atoms with Gasteiger partial charge in [-0.05, 0) is 61.2 Å². The van der Waals surface area contributed by atoms with Gasteiger partial charge in [-0.15, -0.1) is 0 Å². The average molecular weight is 423 g/mol. The molecule has 0 amide bonds. The van der Waals surface area contributed by atoms with Crippen LogP contribution in [-0.2, 0) is 22.6 Å². The van der Waals surface area contributed by atoms with Gasteiger partial charge in [-0.25, -0.2) is 0 Å². The van der Waals surface area contributed by atoms with Gasteiger partial charge in [0.25, 0.3) is 0 Å². The van der Waals surface area contributed by atoms with Crippen LogP contribution in [0.25, 0.3) is 0 Å². The van der Waals surface area contributed by atoms with Gasteiger partial charge in [0.1, 0.15) is 0 Å². The predicted molar refractivity (Wildman–Crippen MR) is 119 cm³/mol. The van der Waals surface area contributed by atoms with E-state index in [4.69, 9.17) is 33.9 Å². The molecule has 1 aromatic rings. The lowest BCUT2D eigenvalue weighted by molar-refractivity contribution is 0.114. The number of hydrogen-bond donors (Lipinski definition) is 4. The molecule has 2 saturated heterocycles. The van der Waals surface area contributed by atoms with E-state index in [-0.39, 0.29) is 12.2 Å². The number of benzene rings is 1. The normalized spacial score (nSPS) is 21.3. The van der Waals surface area contributed by atoms with Crippen LogP contribution in [0.5, 0.6) is 0 Å². The summed E-state index contributed by atoms with van der Waals surface area (Å²) in [6.45, 7) is 4.64. The van der Waals surface area contributed by atoms with Gasteiger partial charge in [-0.1, -0.05) is 24.3 Å². The van der Waals surface area contributed by atoms with E-state index >= 15 is 0 Å². The molecule has 2 aliphatic rings. The second-order valence-corrected chi connectivity index (χ2v) is 8.03. The molecule has 154 valence electrons. The fraction of sp³-hybridized carbons (Fsp3) is 0.600. The Kier molecular flexibility index (Phi) is 8.72. The summed E-state index contributed by atoms with van der Waals surface area (Å²) < 4.78 is 11.2. The quantitative estimate of drug-likeness (QED) is 0.474. The van der Waals surface area contributed by atoms with Crippen molar-refractivity contribution in [1.29, 1.82) is 0 Å². The molecule has 0 bridgehead atoms. The summed E-state index contributed by atoms with van der Waals surface area (Å²) in [4.78, 5) is 0. The van der Waals surface area contributed by atoms with Crippen LogP contribution in [0.1, 0.15) is 36.8 Å². The minimum atomic E-state index is 0.284. The zero-order valence-corrected chi connectivity index (χ0v) is 17.8. The van der Waals surface area contributed by atoms with Gasteiger partial charge < -0.3 is 30.7 Å². The molecule has 2 fully saturated rings. The number of ether oxygens (including phenoxy) is 2. The highest BCUT2D eigenvalue weighted by atomic mass is 32.1. The molecule has 4 N–H and O–H groups in total. The standard InChI is InChI=1S/C20H30N4O2S2/c27-19(23-13-17-6-2-8-25-17)21-11-15-4-1-5-16(10-15)12-22-20(28)24-14-18-7-3-9-26-18/h1,4-5,10,17-18H,2-3,6-9,11-14H2,(H2,21,23,27)(H2,22,24,28)/t17-,18-/m1/s1. The third-order valence-corrected chi connectivity index (χ3v) is 5.50. The molecule has 0 aliphatic carbocycles. The molecule has 6 nitrogen and oxygen atoms in total. The highest BCUT2D eigenvalue weighted by Crippen LogP contribution is 2.11. The lowest BCUT2D eigenvalue weighted by atomic mass is 10.1. The van der Waals surface area contributed by atoms with E-state index in [2.05, 4.69) is 45.5 Å². The zero-order chi connectivity index (χ0) is 19.6. The van der Waals surface area contributed by atoms with Crippen molar-refractivity contribution >= 4 is 34.7 Å². The molecule has 8 heteroatoms. The molecule has 2 heterocycles. The van der Waals surface area contributed by atoms with Crippen molar-refractivity contribution in [2.75, 3.05) is 26.3 Å². The lowest BCUT2D eigenvalue weighted by Crippen LogP contribution is -2.39. The summed E-state index contributed by atoms with van der Waals surface area (Å²) in [6.07, 6.45) is 5.06. The topological polar surface area (TPSA) is 66.6 Å². The molecule has 0 radical (unpaired) electrons. The van der Waals surface area contributed by atoms with Crippen LogP contribution >= 0.6 is 24.4 Å². The first-order valence-electron chi connectivity index (χ1n) is 10.0. The predicted octanol–water partition coefficient (Wildman–Crippen LogP) is 1.97. The maximum atomic E-state index is 5.59. The maximum Gasteiger partial charge on any atom is 0.166 e. The van der Waals surface area contributed by atoms with E-state index in [1.165, 1.54) is 11.1 Å². The van der Waals surface area contributed by atoms with Gasteiger partial charge in [0, 0.05) is 39.4 Å². The molecule has 0 spiro atoms. The Labute approximate surface area is 178 Å². The van der Waals surface area contributed by atoms with E-state index in [1.807, 2.05) is 0 Å². The first kappa shape index (κ1) is 21.2. The fourth-order valence-corrected chi connectivity index (χ4v) is 3.67. The number of nitrogens with one attached hydrogen (secondary N) is 4. The van der Waals surface area contributed by atoms with Crippen molar-refractivity contribution in [3.63, 3.8) is 0 Å². The molecule has 0 saturated carbocycles. The van der Waals surface area contributed by atoms with Crippen LogP contribution in [0.2, 0.25) is 0 Å². The SMILES string of the molecule is S=C(NCc1cccc(CNC(=S)NC[C@H]2CCCO2)c1)NC[C@H]1CCCO1. The maximum absolute atomic E-state index is 5.59. The summed E-state index contributed by atoms with van der Waals surface area (Å²) in [5.74, 6) is 0. The van der Waals surface area contributed by atoms with Crippen molar-refractivity contribution in [1.82, 2.24) is 21.3 Å². The van der Waals surface area contributed by atoms with E-state index in [0.717, 1.165) is 52.0 Å². The first-order valence-corrected chi connectivity index (χ1v) is 10.8. The van der Waals surface area contributed by atoms with Gasteiger partial charge in [0.15, 0.2) is 10.2 Å². The first-order chi connectivity index (χ1) is 13.7. The number of thiocarbonyl (C=S) groups is 2. The number of hydrogen-bond acceptors (Lipinski definition) is 4. The zero-order valence-electron chi connectivity index (χ0n) is 16.2. The Morgan fingerprint density at radius 2 is 1.32 bits per heavy atom. The average Bonchev–Trinajstić information content (AvgIpc) is 3.42. The van der Waals surface area contributed by atoms with Crippen LogP contribution in [-0.4, -0.2) is 48.7 Å². The summed E-state index contributed by atoms with van der Waals surface area (Å²) in [7, 11) is 0. The Morgan fingerprint density at radius 3 is 1.75 bits per heavy atom.